The van der Waals surface area contributed by atoms with Crippen molar-refractivity contribution in [2.75, 3.05) is 21.3 Å². The van der Waals surface area contributed by atoms with Crippen molar-refractivity contribution in [3.8, 4) is 0 Å². The number of carbonyl (C=O) groups is 3. The van der Waals surface area contributed by atoms with Crippen LogP contribution in [0.15, 0.2) is 53.7 Å². The van der Waals surface area contributed by atoms with Gasteiger partial charge in [-0.2, -0.15) is 0 Å². The third-order valence-electron chi connectivity index (χ3n) is 4.57. The van der Waals surface area contributed by atoms with Gasteiger partial charge in [0.05, 0.1) is 21.3 Å². The van der Waals surface area contributed by atoms with Crippen molar-refractivity contribution in [2.45, 2.75) is 6.42 Å². The zero-order valence-corrected chi connectivity index (χ0v) is 17.7. The van der Waals surface area contributed by atoms with Gasteiger partial charge in [0.15, 0.2) is 5.69 Å². The fourth-order valence-electron chi connectivity index (χ4n) is 3.04. The van der Waals surface area contributed by atoms with E-state index in [1.807, 2.05) is 42.5 Å². The van der Waals surface area contributed by atoms with Crippen LogP contribution < -0.4 is 10.6 Å². The number of ether oxygens (including phenoxy) is 3. The number of H-pyrrole nitrogens is 1. The third kappa shape index (κ3) is 5.22. The topological polar surface area (TPSA) is 131 Å². The first-order valence-electron chi connectivity index (χ1n) is 9.50. The summed E-state index contributed by atoms with van der Waals surface area (Å²) in [6.45, 7) is 0. The standard InChI is InChI=1S/C22H22N4O6/c1-30-19(27)18-17(24-20(25-21(28)31-2)26-22(29)32-3)16(12-23-18)11-13-8-9-14-6-4-5-7-15(14)10-13/h4-10,12,23H,11H2,1-3H3,(H2,24,25,26,28,29). The van der Waals surface area contributed by atoms with Gasteiger partial charge in [-0.05, 0) is 16.3 Å². The van der Waals surface area contributed by atoms with Crippen LogP contribution in [0.4, 0.5) is 15.3 Å². The number of methoxy groups -OCH3 is 3. The van der Waals surface area contributed by atoms with E-state index in [9.17, 15) is 14.4 Å². The predicted octanol–water partition coefficient (Wildman–Crippen LogP) is 3.24. The maximum absolute atomic E-state index is 12.3. The van der Waals surface area contributed by atoms with Crippen LogP contribution in [0.2, 0.25) is 0 Å². The lowest BCUT2D eigenvalue weighted by Gasteiger charge is -2.10. The molecule has 1 heterocycles. The summed E-state index contributed by atoms with van der Waals surface area (Å²) < 4.78 is 13.9. The molecule has 2 amide bonds. The average molecular weight is 438 g/mol. The Morgan fingerprint density at radius 3 is 2.19 bits per heavy atom. The number of esters is 1. The van der Waals surface area contributed by atoms with Gasteiger partial charge in [-0.3, -0.25) is 10.6 Å². The van der Waals surface area contributed by atoms with Crippen molar-refractivity contribution < 1.29 is 28.6 Å². The molecular formula is C22H22N4O6. The number of aliphatic imine (C=N–C) groups is 1. The number of amides is 2. The Bertz CT molecular complexity index is 1160. The second-order valence-corrected chi connectivity index (χ2v) is 6.58. The number of alkyl carbamates (subject to hydrolysis) is 2. The lowest BCUT2D eigenvalue weighted by Crippen LogP contribution is -2.43. The number of rotatable bonds is 4. The fourth-order valence-corrected chi connectivity index (χ4v) is 3.04. The van der Waals surface area contributed by atoms with Gasteiger partial charge in [0.2, 0.25) is 5.96 Å². The Kier molecular flexibility index (Phi) is 7.06. The second-order valence-electron chi connectivity index (χ2n) is 6.58. The zero-order chi connectivity index (χ0) is 23.1. The highest BCUT2D eigenvalue weighted by Gasteiger charge is 2.20. The maximum Gasteiger partial charge on any atom is 0.413 e. The molecule has 0 fully saturated rings. The minimum absolute atomic E-state index is 0.0547. The van der Waals surface area contributed by atoms with Crippen LogP contribution >= 0.6 is 0 Å². The summed E-state index contributed by atoms with van der Waals surface area (Å²) in [5.74, 6) is -0.947. The number of nitrogens with one attached hydrogen (secondary N) is 3. The smallest absolute Gasteiger partial charge is 0.413 e. The van der Waals surface area contributed by atoms with E-state index in [0.29, 0.717) is 12.0 Å². The number of aromatic nitrogens is 1. The lowest BCUT2D eigenvalue weighted by atomic mass is 10.0. The van der Waals surface area contributed by atoms with Gasteiger partial charge in [-0.25, -0.2) is 19.4 Å². The van der Waals surface area contributed by atoms with Gasteiger partial charge in [-0.1, -0.05) is 42.5 Å². The Labute approximate surface area is 183 Å². The van der Waals surface area contributed by atoms with E-state index < -0.39 is 18.2 Å². The van der Waals surface area contributed by atoms with E-state index in [2.05, 4.69) is 30.1 Å². The first-order valence-corrected chi connectivity index (χ1v) is 9.50. The van der Waals surface area contributed by atoms with Crippen molar-refractivity contribution >= 4 is 40.6 Å². The summed E-state index contributed by atoms with van der Waals surface area (Å²) in [4.78, 5) is 42.8. The Hall–Kier alpha value is -4.34. The van der Waals surface area contributed by atoms with Crippen molar-refractivity contribution in [3.63, 3.8) is 0 Å². The molecule has 3 aromatic rings. The minimum atomic E-state index is -0.869. The minimum Gasteiger partial charge on any atom is -0.464 e. The van der Waals surface area contributed by atoms with Crippen LogP contribution in [0.3, 0.4) is 0 Å². The molecule has 0 aliphatic heterocycles. The quantitative estimate of drug-likeness (QED) is 0.248. The van der Waals surface area contributed by atoms with Gasteiger partial charge in [0.1, 0.15) is 5.69 Å². The number of fused-ring (bicyclic) bond motifs is 1. The molecule has 32 heavy (non-hydrogen) atoms. The highest BCUT2D eigenvalue weighted by Crippen LogP contribution is 2.28. The summed E-state index contributed by atoms with van der Waals surface area (Å²) in [6, 6.07) is 14.0. The molecule has 166 valence electrons. The Morgan fingerprint density at radius 2 is 1.56 bits per heavy atom. The summed E-state index contributed by atoms with van der Waals surface area (Å²) in [7, 11) is 3.55. The summed E-state index contributed by atoms with van der Waals surface area (Å²) in [5, 5.41) is 6.73. The third-order valence-corrected chi connectivity index (χ3v) is 4.57. The number of hydrogen-bond donors (Lipinski definition) is 3. The highest BCUT2D eigenvalue weighted by atomic mass is 16.5. The van der Waals surface area contributed by atoms with Crippen LogP contribution in [0.1, 0.15) is 21.6 Å². The lowest BCUT2D eigenvalue weighted by molar-refractivity contribution is 0.0595. The van der Waals surface area contributed by atoms with Gasteiger partial charge >= 0.3 is 18.2 Å². The van der Waals surface area contributed by atoms with Crippen LogP contribution in [-0.4, -0.2) is 50.4 Å². The molecule has 3 N–H and O–H groups in total. The first kappa shape index (κ1) is 22.3. The predicted molar refractivity (Wildman–Crippen MR) is 117 cm³/mol. The number of carbonyl (C=O) groups excluding carboxylic acids is 3. The molecule has 0 aliphatic carbocycles. The zero-order valence-electron chi connectivity index (χ0n) is 17.7. The average Bonchev–Trinajstić information content (AvgIpc) is 3.19. The van der Waals surface area contributed by atoms with Crippen LogP contribution in [0.5, 0.6) is 0 Å². The van der Waals surface area contributed by atoms with Crippen molar-refractivity contribution in [2.24, 2.45) is 4.99 Å². The number of hydrogen-bond acceptors (Lipinski definition) is 7. The van der Waals surface area contributed by atoms with Gasteiger partial charge in [0.25, 0.3) is 0 Å². The van der Waals surface area contributed by atoms with Crippen molar-refractivity contribution in [1.82, 2.24) is 15.6 Å². The molecule has 0 spiro atoms. The number of nitrogens with zero attached hydrogens (tertiary/aromatic N) is 1. The van der Waals surface area contributed by atoms with Crippen LogP contribution in [0, 0.1) is 0 Å². The van der Waals surface area contributed by atoms with E-state index in [1.54, 1.807) is 6.20 Å². The molecule has 0 radical (unpaired) electrons. The number of aromatic amines is 1. The number of benzene rings is 2. The molecule has 3 rings (SSSR count). The van der Waals surface area contributed by atoms with Gasteiger partial charge in [-0.15, -0.1) is 0 Å². The molecule has 0 atom stereocenters. The van der Waals surface area contributed by atoms with Crippen molar-refractivity contribution in [1.29, 1.82) is 0 Å². The molecule has 0 bridgehead atoms. The van der Waals surface area contributed by atoms with E-state index in [4.69, 9.17) is 4.74 Å². The summed E-state index contributed by atoms with van der Waals surface area (Å²) in [5.41, 5.74) is 1.85. The molecule has 1 aromatic heterocycles. The Morgan fingerprint density at radius 1 is 0.906 bits per heavy atom. The van der Waals surface area contributed by atoms with E-state index in [1.165, 1.54) is 7.11 Å². The second kappa shape index (κ2) is 10.1. The highest BCUT2D eigenvalue weighted by molar-refractivity contribution is 6.04. The van der Waals surface area contributed by atoms with E-state index in [-0.39, 0.29) is 17.3 Å². The molecule has 10 heteroatoms. The first-order chi connectivity index (χ1) is 15.4. The Balaban J connectivity index is 2.03. The molecule has 0 saturated carbocycles. The molecule has 0 aliphatic rings. The van der Waals surface area contributed by atoms with Crippen LogP contribution in [-0.2, 0) is 20.6 Å². The summed E-state index contributed by atoms with van der Waals surface area (Å²) in [6.07, 6.45) is 0.299. The molecular weight excluding hydrogens is 416 g/mol. The fraction of sp³-hybridized carbons (Fsp3) is 0.182. The monoisotopic (exact) mass is 438 g/mol. The number of guanidine groups is 1. The summed E-state index contributed by atoms with van der Waals surface area (Å²) >= 11 is 0. The maximum atomic E-state index is 12.3. The normalized spacial score (nSPS) is 10.2. The van der Waals surface area contributed by atoms with Gasteiger partial charge < -0.3 is 19.2 Å². The molecule has 2 aromatic carbocycles. The van der Waals surface area contributed by atoms with Gasteiger partial charge in [0, 0.05) is 18.2 Å². The van der Waals surface area contributed by atoms with Crippen LogP contribution in [0.25, 0.3) is 10.8 Å². The molecule has 0 saturated heterocycles. The van der Waals surface area contributed by atoms with Crippen molar-refractivity contribution in [3.05, 3.63) is 65.5 Å². The van der Waals surface area contributed by atoms with E-state index >= 15 is 0 Å². The van der Waals surface area contributed by atoms with E-state index in [0.717, 1.165) is 30.6 Å². The largest absolute Gasteiger partial charge is 0.464 e. The molecule has 0 unspecified atom stereocenters. The SMILES string of the molecule is COC(=O)NC(=Nc1c(Cc2ccc3ccccc3c2)c[nH]c1C(=O)OC)NC(=O)OC. The molecule has 10 nitrogen and oxygen atoms in total.